The predicted octanol–water partition coefficient (Wildman–Crippen LogP) is 3.65. The summed E-state index contributed by atoms with van der Waals surface area (Å²) < 4.78 is 0. The van der Waals surface area contributed by atoms with Gasteiger partial charge in [-0.25, -0.2) is 0 Å². The van der Waals surface area contributed by atoms with E-state index in [2.05, 4.69) is 39.6 Å². The zero-order chi connectivity index (χ0) is 14.3. The number of hydrogen-bond donors (Lipinski definition) is 1. The number of likely N-dealkylation sites (N-methyl/N-ethyl adjacent to an activating group) is 1. The molecule has 112 valence electrons. The lowest BCUT2D eigenvalue weighted by Gasteiger charge is -2.49. The van der Waals surface area contributed by atoms with E-state index in [1.807, 2.05) is 0 Å². The van der Waals surface area contributed by atoms with Crippen LogP contribution in [0.15, 0.2) is 0 Å². The SMILES string of the molecule is CC1CCCCC1N(C)C1(CN)CC(C)(C)CC1C. The Bertz CT molecular complexity index is 312. The van der Waals surface area contributed by atoms with Crippen LogP contribution in [0.1, 0.15) is 66.2 Å². The van der Waals surface area contributed by atoms with Gasteiger partial charge in [0.25, 0.3) is 0 Å². The van der Waals surface area contributed by atoms with Crippen molar-refractivity contribution in [1.29, 1.82) is 0 Å². The summed E-state index contributed by atoms with van der Waals surface area (Å²) in [4.78, 5) is 2.70. The Kier molecular flexibility index (Phi) is 4.32. The lowest BCUT2D eigenvalue weighted by Crippen LogP contribution is -2.59. The van der Waals surface area contributed by atoms with E-state index in [4.69, 9.17) is 5.73 Å². The van der Waals surface area contributed by atoms with Crippen LogP contribution in [0.3, 0.4) is 0 Å². The van der Waals surface area contributed by atoms with Gasteiger partial charge in [0.2, 0.25) is 0 Å². The van der Waals surface area contributed by atoms with Crippen molar-refractivity contribution in [2.45, 2.75) is 77.8 Å². The molecule has 2 heteroatoms. The topological polar surface area (TPSA) is 29.3 Å². The largest absolute Gasteiger partial charge is 0.329 e. The van der Waals surface area contributed by atoms with Crippen LogP contribution in [0.5, 0.6) is 0 Å². The first kappa shape index (κ1) is 15.3. The minimum atomic E-state index is 0.236. The molecule has 0 saturated heterocycles. The highest BCUT2D eigenvalue weighted by atomic mass is 15.2. The summed E-state index contributed by atoms with van der Waals surface area (Å²) in [5, 5.41) is 0. The second-order valence-corrected chi connectivity index (χ2v) is 8.19. The lowest BCUT2D eigenvalue weighted by molar-refractivity contribution is 0.00765. The van der Waals surface area contributed by atoms with Crippen molar-refractivity contribution >= 4 is 0 Å². The first-order valence-corrected chi connectivity index (χ1v) is 8.25. The fraction of sp³-hybridized carbons (Fsp3) is 1.00. The first-order valence-electron chi connectivity index (χ1n) is 8.25. The van der Waals surface area contributed by atoms with Gasteiger partial charge in [-0.2, -0.15) is 0 Å². The highest BCUT2D eigenvalue weighted by molar-refractivity contribution is 5.07. The average molecular weight is 266 g/mol. The van der Waals surface area contributed by atoms with E-state index >= 15 is 0 Å². The predicted molar refractivity (Wildman–Crippen MR) is 83.1 cm³/mol. The molecule has 0 aromatic rings. The molecule has 0 radical (unpaired) electrons. The molecule has 0 aromatic heterocycles. The number of nitrogens with zero attached hydrogens (tertiary/aromatic N) is 1. The fourth-order valence-corrected chi connectivity index (χ4v) is 5.19. The lowest BCUT2D eigenvalue weighted by atomic mass is 9.78. The monoisotopic (exact) mass is 266 g/mol. The summed E-state index contributed by atoms with van der Waals surface area (Å²) >= 11 is 0. The molecular formula is C17H34N2. The van der Waals surface area contributed by atoms with E-state index in [1.54, 1.807) is 0 Å². The van der Waals surface area contributed by atoms with Crippen LogP contribution < -0.4 is 5.73 Å². The van der Waals surface area contributed by atoms with Gasteiger partial charge >= 0.3 is 0 Å². The third-order valence-corrected chi connectivity index (χ3v) is 6.18. The smallest absolute Gasteiger partial charge is 0.0362 e. The zero-order valence-corrected chi connectivity index (χ0v) is 13.7. The molecule has 0 bridgehead atoms. The molecule has 0 aliphatic heterocycles. The standard InChI is InChI=1S/C17H34N2/c1-13-8-6-7-9-15(13)19(5)17(12-18)11-16(3,4)10-14(17)2/h13-15H,6-12,18H2,1-5H3. The normalized spacial score (nSPS) is 42.8. The van der Waals surface area contributed by atoms with Gasteiger partial charge < -0.3 is 5.73 Å². The van der Waals surface area contributed by atoms with Crippen LogP contribution in [-0.2, 0) is 0 Å². The van der Waals surface area contributed by atoms with E-state index in [1.165, 1.54) is 38.5 Å². The molecule has 2 N–H and O–H groups in total. The van der Waals surface area contributed by atoms with E-state index in [0.29, 0.717) is 11.3 Å². The average Bonchev–Trinajstić information content (AvgIpc) is 2.59. The van der Waals surface area contributed by atoms with Gasteiger partial charge in [0, 0.05) is 18.1 Å². The summed E-state index contributed by atoms with van der Waals surface area (Å²) in [5.41, 5.74) is 6.98. The summed E-state index contributed by atoms with van der Waals surface area (Å²) in [6.45, 7) is 10.5. The van der Waals surface area contributed by atoms with Gasteiger partial charge in [0.15, 0.2) is 0 Å². The number of nitrogens with two attached hydrogens (primary N) is 1. The molecule has 0 aromatic carbocycles. The molecule has 0 heterocycles. The Hall–Kier alpha value is -0.0800. The van der Waals surface area contributed by atoms with Gasteiger partial charge in [-0.3, -0.25) is 4.90 Å². The van der Waals surface area contributed by atoms with Gasteiger partial charge in [0.05, 0.1) is 0 Å². The van der Waals surface area contributed by atoms with Crippen LogP contribution >= 0.6 is 0 Å². The van der Waals surface area contributed by atoms with Crippen LogP contribution in [0.2, 0.25) is 0 Å². The molecular weight excluding hydrogens is 232 g/mol. The second kappa shape index (κ2) is 5.37. The number of rotatable bonds is 3. The van der Waals surface area contributed by atoms with E-state index in [-0.39, 0.29) is 5.54 Å². The minimum absolute atomic E-state index is 0.236. The first-order chi connectivity index (χ1) is 8.82. The Morgan fingerprint density at radius 2 is 1.79 bits per heavy atom. The van der Waals surface area contributed by atoms with Gasteiger partial charge in [0.1, 0.15) is 0 Å². The Balaban J connectivity index is 2.21. The van der Waals surface area contributed by atoms with Crippen molar-refractivity contribution in [2.24, 2.45) is 23.0 Å². The van der Waals surface area contributed by atoms with Crippen LogP contribution in [0.25, 0.3) is 0 Å². The van der Waals surface area contributed by atoms with Crippen molar-refractivity contribution in [2.75, 3.05) is 13.6 Å². The van der Waals surface area contributed by atoms with Crippen LogP contribution in [0, 0.1) is 17.3 Å². The summed E-state index contributed by atoms with van der Waals surface area (Å²) in [7, 11) is 2.36. The molecule has 4 atom stereocenters. The van der Waals surface area contributed by atoms with Gasteiger partial charge in [-0.05, 0) is 50.0 Å². The van der Waals surface area contributed by atoms with E-state index in [9.17, 15) is 0 Å². The molecule has 2 fully saturated rings. The Morgan fingerprint density at radius 3 is 2.26 bits per heavy atom. The zero-order valence-electron chi connectivity index (χ0n) is 13.7. The third-order valence-electron chi connectivity index (χ3n) is 6.18. The summed E-state index contributed by atoms with van der Waals surface area (Å²) in [5.74, 6) is 1.55. The molecule has 2 nitrogen and oxygen atoms in total. The van der Waals surface area contributed by atoms with E-state index < -0.39 is 0 Å². The van der Waals surface area contributed by atoms with Crippen molar-refractivity contribution in [3.8, 4) is 0 Å². The summed E-state index contributed by atoms with van der Waals surface area (Å²) in [6, 6.07) is 0.744. The Morgan fingerprint density at radius 1 is 1.16 bits per heavy atom. The summed E-state index contributed by atoms with van der Waals surface area (Å²) in [6.07, 6.45) is 8.16. The highest BCUT2D eigenvalue weighted by Crippen LogP contribution is 2.51. The van der Waals surface area contributed by atoms with Crippen LogP contribution in [0.4, 0.5) is 0 Å². The maximum Gasteiger partial charge on any atom is 0.0362 e. The van der Waals surface area contributed by atoms with Crippen molar-refractivity contribution in [3.05, 3.63) is 0 Å². The minimum Gasteiger partial charge on any atom is -0.329 e. The van der Waals surface area contributed by atoms with Gasteiger partial charge in [-0.15, -0.1) is 0 Å². The second-order valence-electron chi connectivity index (χ2n) is 8.19. The molecule has 2 rings (SSSR count). The number of hydrogen-bond acceptors (Lipinski definition) is 2. The molecule has 2 saturated carbocycles. The quantitative estimate of drug-likeness (QED) is 0.845. The molecule has 0 amide bonds. The van der Waals surface area contributed by atoms with Crippen LogP contribution in [-0.4, -0.2) is 30.1 Å². The van der Waals surface area contributed by atoms with Gasteiger partial charge in [-0.1, -0.05) is 40.5 Å². The molecule has 2 aliphatic carbocycles. The van der Waals surface area contributed by atoms with Crippen molar-refractivity contribution < 1.29 is 0 Å². The maximum absolute atomic E-state index is 6.29. The van der Waals surface area contributed by atoms with Crippen molar-refractivity contribution in [3.63, 3.8) is 0 Å². The maximum atomic E-state index is 6.29. The molecule has 0 spiro atoms. The highest BCUT2D eigenvalue weighted by Gasteiger charge is 2.52. The Labute approximate surface area is 120 Å². The molecule has 2 aliphatic rings. The fourth-order valence-electron chi connectivity index (χ4n) is 5.19. The molecule has 4 unspecified atom stereocenters. The third kappa shape index (κ3) is 2.71. The van der Waals surface area contributed by atoms with Crippen molar-refractivity contribution in [1.82, 2.24) is 4.90 Å². The molecule has 19 heavy (non-hydrogen) atoms. The van der Waals surface area contributed by atoms with E-state index in [0.717, 1.165) is 18.5 Å².